The van der Waals surface area contributed by atoms with Crippen LogP contribution in [0, 0.1) is 5.82 Å². The lowest BCUT2D eigenvalue weighted by atomic mass is 10.2. The standard InChI is InChI=1S/C12H12FN3OS2/c1-16(6-9-4-2-3-5-10(9)13)11(17)7-18-12-15-14-8-19-12/h2-5,8H,6-7H2,1H3. The minimum Gasteiger partial charge on any atom is -0.341 e. The van der Waals surface area contributed by atoms with Crippen LogP contribution in [0.4, 0.5) is 4.39 Å². The molecule has 2 rings (SSSR count). The molecule has 0 atom stereocenters. The molecule has 19 heavy (non-hydrogen) atoms. The van der Waals surface area contributed by atoms with Crippen LogP contribution in [-0.2, 0) is 11.3 Å². The molecule has 0 aliphatic rings. The fraction of sp³-hybridized carbons (Fsp3) is 0.250. The smallest absolute Gasteiger partial charge is 0.233 e. The van der Waals surface area contributed by atoms with Crippen LogP contribution in [0.3, 0.4) is 0 Å². The molecule has 0 unspecified atom stereocenters. The molecule has 0 fully saturated rings. The molecule has 0 bridgehead atoms. The number of hydrogen-bond donors (Lipinski definition) is 0. The molecule has 1 aromatic heterocycles. The molecule has 1 heterocycles. The molecule has 0 aliphatic carbocycles. The average molecular weight is 297 g/mol. The summed E-state index contributed by atoms with van der Waals surface area (Å²) in [5.74, 6) is -0.0810. The second-order valence-electron chi connectivity index (χ2n) is 3.83. The number of hydrogen-bond acceptors (Lipinski definition) is 5. The van der Waals surface area contributed by atoms with E-state index in [9.17, 15) is 9.18 Å². The summed E-state index contributed by atoms with van der Waals surface area (Å²) < 4.78 is 14.2. The number of amides is 1. The Balaban J connectivity index is 1.87. The molecule has 0 aliphatic heterocycles. The zero-order valence-electron chi connectivity index (χ0n) is 10.2. The third-order valence-electron chi connectivity index (χ3n) is 2.45. The first-order valence-corrected chi connectivity index (χ1v) is 7.39. The fourth-order valence-electron chi connectivity index (χ4n) is 1.43. The average Bonchev–Trinajstić information content (AvgIpc) is 2.91. The molecule has 7 heteroatoms. The third kappa shape index (κ3) is 4.00. The van der Waals surface area contributed by atoms with Crippen molar-refractivity contribution in [3.63, 3.8) is 0 Å². The van der Waals surface area contributed by atoms with Gasteiger partial charge in [0, 0.05) is 19.2 Å². The van der Waals surface area contributed by atoms with Crippen molar-refractivity contribution in [1.82, 2.24) is 15.1 Å². The highest BCUT2D eigenvalue weighted by Crippen LogP contribution is 2.19. The van der Waals surface area contributed by atoms with Crippen molar-refractivity contribution >= 4 is 29.0 Å². The van der Waals surface area contributed by atoms with Gasteiger partial charge in [-0.1, -0.05) is 41.3 Å². The van der Waals surface area contributed by atoms with Crippen LogP contribution < -0.4 is 0 Å². The van der Waals surface area contributed by atoms with Crippen molar-refractivity contribution in [3.8, 4) is 0 Å². The summed E-state index contributed by atoms with van der Waals surface area (Å²) in [6.07, 6.45) is 0. The maximum Gasteiger partial charge on any atom is 0.233 e. The minimum atomic E-state index is -0.293. The van der Waals surface area contributed by atoms with Gasteiger partial charge in [0.1, 0.15) is 11.3 Å². The lowest BCUT2D eigenvalue weighted by molar-refractivity contribution is -0.127. The second-order valence-corrected chi connectivity index (χ2v) is 5.89. The van der Waals surface area contributed by atoms with Gasteiger partial charge < -0.3 is 4.90 Å². The Hall–Kier alpha value is -1.47. The molecule has 1 amide bonds. The van der Waals surface area contributed by atoms with E-state index in [2.05, 4.69) is 10.2 Å². The summed E-state index contributed by atoms with van der Waals surface area (Å²) in [5.41, 5.74) is 2.13. The Morgan fingerprint density at radius 2 is 2.26 bits per heavy atom. The van der Waals surface area contributed by atoms with E-state index < -0.39 is 0 Å². The SMILES string of the molecule is CN(Cc1ccccc1F)C(=O)CSc1nncs1. The van der Waals surface area contributed by atoms with Crippen molar-refractivity contribution in [1.29, 1.82) is 0 Å². The number of nitrogens with zero attached hydrogens (tertiary/aromatic N) is 3. The van der Waals surface area contributed by atoms with Gasteiger partial charge in [-0.25, -0.2) is 4.39 Å². The highest BCUT2D eigenvalue weighted by Gasteiger charge is 2.12. The summed E-state index contributed by atoms with van der Waals surface area (Å²) in [7, 11) is 1.66. The predicted octanol–water partition coefficient (Wildman–Crippen LogP) is 2.43. The van der Waals surface area contributed by atoms with Gasteiger partial charge in [0.25, 0.3) is 0 Å². The third-order valence-corrected chi connectivity index (χ3v) is 4.30. The number of aromatic nitrogens is 2. The highest BCUT2D eigenvalue weighted by molar-refractivity contribution is 8.01. The molecule has 0 radical (unpaired) electrons. The van der Waals surface area contributed by atoms with Gasteiger partial charge in [0.15, 0.2) is 4.34 Å². The number of carbonyl (C=O) groups is 1. The summed E-state index contributed by atoms with van der Waals surface area (Å²) >= 11 is 2.73. The van der Waals surface area contributed by atoms with Gasteiger partial charge in [-0.15, -0.1) is 10.2 Å². The molecule has 1 aromatic carbocycles. The van der Waals surface area contributed by atoms with E-state index in [1.807, 2.05) is 0 Å². The monoisotopic (exact) mass is 297 g/mol. The quantitative estimate of drug-likeness (QED) is 0.795. The Bertz CT molecular complexity index is 548. The van der Waals surface area contributed by atoms with Gasteiger partial charge >= 0.3 is 0 Å². The minimum absolute atomic E-state index is 0.0662. The second kappa shape index (κ2) is 6.63. The zero-order chi connectivity index (χ0) is 13.7. The van der Waals surface area contributed by atoms with Crippen LogP contribution in [-0.4, -0.2) is 33.8 Å². The fourth-order valence-corrected chi connectivity index (χ4v) is 2.86. The van der Waals surface area contributed by atoms with Crippen LogP contribution in [0.25, 0.3) is 0 Å². The summed E-state index contributed by atoms with van der Waals surface area (Å²) in [6.45, 7) is 0.266. The van der Waals surface area contributed by atoms with Crippen molar-refractivity contribution < 1.29 is 9.18 Å². The van der Waals surface area contributed by atoms with Crippen molar-refractivity contribution in [2.75, 3.05) is 12.8 Å². The Labute approximate surface area is 118 Å². The van der Waals surface area contributed by atoms with Gasteiger partial charge in [-0.3, -0.25) is 4.79 Å². The predicted molar refractivity (Wildman–Crippen MR) is 73.5 cm³/mol. The van der Waals surface area contributed by atoms with Crippen LogP contribution in [0.5, 0.6) is 0 Å². The van der Waals surface area contributed by atoms with E-state index in [4.69, 9.17) is 0 Å². The number of carbonyl (C=O) groups excluding carboxylic acids is 1. The molecule has 4 nitrogen and oxygen atoms in total. The largest absolute Gasteiger partial charge is 0.341 e. The van der Waals surface area contributed by atoms with Crippen molar-refractivity contribution in [2.24, 2.45) is 0 Å². The maximum atomic E-state index is 13.5. The Morgan fingerprint density at radius 3 is 2.95 bits per heavy atom. The first-order chi connectivity index (χ1) is 9.16. The molecular formula is C12H12FN3OS2. The molecule has 0 spiro atoms. The summed E-state index contributed by atoms with van der Waals surface area (Å²) in [6, 6.07) is 6.46. The first kappa shape index (κ1) is 14.0. The van der Waals surface area contributed by atoms with E-state index in [1.54, 1.807) is 30.8 Å². The van der Waals surface area contributed by atoms with Crippen LogP contribution in [0.1, 0.15) is 5.56 Å². The Kier molecular flexibility index (Phi) is 4.86. The van der Waals surface area contributed by atoms with Crippen molar-refractivity contribution in [2.45, 2.75) is 10.9 Å². The zero-order valence-corrected chi connectivity index (χ0v) is 11.9. The van der Waals surface area contributed by atoms with E-state index in [-0.39, 0.29) is 24.0 Å². The number of benzene rings is 1. The summed E-state index contributed by atoms with van der Waals surface area (Å²) in [5, 5.41) is 7.54. The topological polar surface area (TPSA) is 46.1 Å². The van der Waals surface area contributed by atoms with Gasteiger partial charge in [-0.05, 0) is 6.07 Å². The highest BCUT2D eigenvalue weighted by atomic mass is 32.2. The van der Waals surface area contributed by atoms with Gasteiger partial charge in [0.05, 0.1) is 5.75 Å². The van der Waals surface area contributed by atoms with Gasteiger partial charge in [0.2, 0.25) is 5.91 Å². The van der Waals surface area contributed by atoms with Crippen LogP contribution >= 0.6 is 23.1 Å². The van der Waals surface area contributed by atoms with E-state index in [1.165, 1.54) is 34.1 Å². The number of thioether (sulfide) groups is 1. The normalized spacial score (nSPS) is 10.4. The van der Waals surface area contributed by atoms with E-state index in [0.717, 1.165) is 4.34 Å². The molecule has 2 aromatic rings. The molecule has 0 saturated heterocycles. The van der Waals surface area contributed by atoms with Crippen LogP contribution in [0.2, 0.25) is 0 Å². The lowest BCUT2D eigenvalue weighted by Crippen LogP contribution is -2.28. The molecule has 0 saturated carbocycles. The molecular weight excluding hydrogens is 285 g/mol. The van der Waals surface area contributed by atoms with E-state index in [0.29, 0.717) is 5.56 Å². The maximum absolute atomic E-state index is 13.5. The Morgan fingerprint density at radius 1 is 1.47 bits per heavy atom. The van der Waals surface area contributed by atoms with E-state index >= 15 is 0 Å². The molecule has 100 valence electrons. The first-order valence-electron chi connectivity index (χ1n) is 5.53. The lowest BCUT2D eigenvalue weighted by Gasteiger charge is -2.17. The summed E-state index contributed by atoms with van der Waals surface area (Å²) in [4.78, 5) is 13.4. The number of halogens is 1. The number of rotatable bonds is 5. The van der Waals surface area contributed by atoms with Gasteiger partial charge in [-0.2, -0.15) is 0 Å². The van der Waals surface area contributed by atoms with Crippen molar-refractivity contribution in [3.05, 3.63) is 41.2 Å². The van der Waals surface area contributed by atoms with Crippen LogP contribution in [0.15, 0.2) is 34.1 Å². The molecule has 0 N–H and O–H groups in total.